The van der Waals surface area contributed by atoms with Gasteiger partial charge < -0.3 is 9.84 Å². The fourth-order valence-electron chi connectivity index (χ4n) is 4.69. The number of phenols is 1. The molecule has 0 aliphatic carbocycles. The number of carbonyl (C=O) groups excluding carboxylic acids is 2. The van der Waals surface area contributed by atoms with Crippen molar-refractivity contribution in [1.82, 2.24) is 0 Å². The van der Waals surface area contributed by atoms with E-state index in [9.17, 15) is 27.9 Å². The predicted octanol–water partition coefficient (Wildman–Crippen LogP) is 6.98. The summed E-state index contributed by atoms with van der Waals surface area (Å²) in [6.07, 6.45) is -4.66. The molecule has 0 radical (unpaired) electrons. The molecule has 0 saturated carbocycles. The van der Waals surface area contributed by atoms with Crippen LogP contribution in [0, 0.1) is 13.8 Å². The second-order valence-electron chi connectivity index (χ2n) is 9.56. The molecular formula is C31H24F3N3O4. The molecule has 208 valence electrons. The number of alkyl halides is 3. The third-order valence-corrected chi connectivity index (χ3v) is 6.62. The van der Waals surface area contributed by atoms with Gasteiger partial charge in [0.15, 0.2) is 5.71 Å². The molecule has 2 N–H and O–H groups in total. The highest BCUT2D eigenvalue weighted by Crippen LogP contribution is 2.41. The lowest BCUT2D eigenvalue weighted by Gasteiger charge is -2.18. The summed E-state index contributed by atoms with van der Waals surface area (Å²) in [4.78, 5) is 26.8. The Kier molecular flexibility index (Phi) is 7.00. The maximum atomic E-state index is 13.7. The topological polar surface area (TPSA) is 91.2 Å². The highest BCUT2D eigenvalue weighted by molar-refractivity contribution is 6.55. The fourth-order valence-corrected chi connectivity index (χ4v) is 4.69. The van der Waals surface area contributed by atoms with Crippen molar-refractivity contribution in [2.45, 2.75) is 20.0 Å². The van der Waals surface area contributed by atoms with E-state index in [2.05, 4.69) is 10.5 Å². The summed E-state index contributed by atoms with van der Waals surface area (Å²) in [6, 6.07) is 19.7. The molecule has 41 heavy (non-hydrogen) atoms. The van der Waals surface area contributed by atoms with Gasteiger partial charge in [0.1, 0.15) is 5.75 Å². The second kappa shape index (κ2) is 10.5. The Labute approximate surface area is 233 Å². The third-order valence-electron chi connectivity index (χ3n) is 6.62. The Morgan fingerprint density at radius 2 is 1.68 bits per heavy atom. The van der Waals surface area contributed by atoms with Gasteiger partial charge in [-0.2, -0.15) is 18.3 Å². The highest BCUT2D eigenvalue weighted by Gasteiger charge is 2.39. The van der Waals surface area contributed by atoms with E-state index in [4.69, 9.17) is 4.74 Å². The number of hydrogen-bond donors (Lipinski definition) is 2. The summed E-state index contributed by atoms with van der Waals surface area (Å²) in [7, 11) is 1.20. The Balaban J connectivity index is 1.60. The number of esters is 1. The molecule has 1 amide bonds. The first-order valence-electron chi connectivity index (χ1n) is 12.5. The summed E-state index contributed by atoms with van der Waals surface area (Å²) < 4.78 is 45.6. The molecule has 1 heterocycles. The zero-order valence-corrected chi connectivity index (χ0v) is 22.2. The van der Waals surface area contributed by atoms with E-state index in [0.29, 0.717) is 5.56 Å². The summed E-state index contributed by atoms with van der Waals surface area (Å²) in [6.45, 7) is 3.77. The molecule has 4 aromatic carbocycles. The van der Waals surface area contributed by atoms with Crippen molar-refractivity contribution in [3.63, 3.8) is 0 Å². The van der Waals surface area contributed by atoms with Gasteiger partial charge in [-0.05, 0) is 73.5 Å². The Hall–Kier alpha value is -5.12. The van der Waals surface area contributed by atoms with Crippen LogP contribution in [-0.4, -0.2) is 29.8 Å². The van der Waals surface area contributed by atoms with Gasteiger partial charge in [-0.15, -0.1) is 0 Å². The number of benzene rings is 4. The molecule has 0 unspecified atom stereocenters. The SMILES string of the molecule is COC(=O)c1cccc(N2C(=O)/C(=N\Nc3cc(C)cc(-c4cccc(C)c4)c3O)c3ccc(C(F)(F)F)cc32)c1. The van der Waals surface area contributed by atoms with Crippen LogP contribution in [0.5, 0.6) is 5.75 Å². The van der Waals surface area contributed by atoms with E-state index in [0.717, 1.165) is 33.7 Å². The van der Waals surface area contributed by atoms with Gasteiger partial charge in [-0.3, -0.25) is 15.1 Å². The lowest BCUT2D eigenvalue weighted by molar-refractivity contribution is -0.137. The van der Waals surface area contributed by atoms with Crippen molar-refractivity contribution < 1.29 is 32.6 Å². The van der Waals surface area contributed by atoms with E-state index in [1.54, 1.807) is 6.07 Å². The van der Waals surface area contributed by atoms with Crippen molar-refractivity contribution in [2.75, 3.05) is 17.4 Å². The predicted molar refractivity (Wildman–Crippen MR) is 150 cm³/mol. The lowest BCUT2D eigenvalue weighted by atomic mass is 10.00. The first-order valence-corrected chi connectivity index (χ1v) is 12.5. The summed E-state index contributed by atoms with van der Waals surface area (Å²) in [5.74, 6) is -1.50. The van der Waals surface area contributed by atoms with Gasteiger partial charge in [-0.25, -0.2) is 4.79 Å². The average Bonchev–Trinajstić information content (AvgIpc) is 3.22. The van der Waals surface area contributed by atoms with Crippen LogP contribution in [0.3, 0.4) is 0 Å². The van der Waals surface area contributed by atoms with Gasteiger partial charge in [0.25, 0.3) is 5.91 Å². The Bertz CT molecular complexity index is 1730. The fraction of sp³-hybridized carbons (Fsp3) is 0.129. The number of carbonyl (C=O) groups is 2. The number of hydrogen-bond acceptors (Lipinski definition) is 6. The van der Waals surface area contributed by atoms with Crippen molar-refractivity contribution in [3.05, 3.63) is 107 Å². The molecule has 5 rings (SSSR count). The van der Waals surface area contributed by atoms with Crippen LogP contribution in [0.25, 0.3) is 11.1 Å². The molecule has 0 bridgehead atoms. The van der Waals surface area contributed by atoms with Crippen LogP contribution in [0.4, 0.5) is 30.2 Å². The van der Waals surface area contributed by atoms with Crippen molar-refractivity contribution in [1.29, 1.82) is 0 Å². The number of nitrogens with one attached hydrogen (secondary N) is 1. The normalized spacial score (nSPS) is 13.9. The first kappa shape index (κ1) is 27.4. The largest absolute Gasteiger partial charge is 0.505 e. The average molecular weight is 560 g/mol. The Morgan fingerprint density at radius 3 is 2.39 bits per heavy atom. The molecule has 0 spiro atoms. The molecule has 1 aliphatic rings. The highest BCUT2D eigenvalue weighted by atomic mass is 19.4. The number of amides is 1. The number of hydrazone groups is 1. The summed E-state index contributed by atoms with van der Waals surface area (Å²) in [5.41, 5.74) is 5.32. The molecule has 0 fully saturated rings. The molecule has 7 nitrogen and oxygen atoms in total. The van der Waals surface area contributed by atoms with Crippen molar-refractivity contribution >= 4 is 34.7 Å². The number of aromatic hydroxyl groups is 1. The molecule has 4 aromatic rings. The van der Waals surface area contributed by atoms with E-state index in [-0.39, 0.29) is 39.7 Å². The monoisotopic (exact) mass is 559 g/mol. The maximum Gasteiger partial charge on any atom is 0.416 e. The standard InChI is InChI=1S/C31H24F3N3O4/c1-17-6-4-7-19(12-17)24-13-18(2)14-25(28(24)38)35-36-27-23-11-10-21(31(32,33)34)16-26(23)37(29(27)39)22-9-5-8-20(15-22)30(40)41-3/h4-16,35,38H,1-3H3/b36-27-. The van der Waals surface area contributed by atoms with E-state index in [1.807, 2.05) is 44.2 Å². The van der Waals surface area contributed by atoms with E-state index in [1.165, 1.54) is 37.4 Å². The zero-order chi connectivity index (χ0) is 29.5. The first-order chi connectivity index (χ1) is 19.5. The number of nitrogens with zero attached hydrogens (tertiary/aromatic N) is 2. The number of fused-ring (bicyclic) bond motifs is 1. The van der Waals surface area contributed by atoms with Crippen LogP contribution in [0.15, 0.2) is 84.0 Å². The quantitative estimate of drug-likeness (QED) is 0.156. The zero-order valence-electron chi connectivity index (χ0n) is 22.2. The molecule has 10 heteroatoms. The lowest BCUT2D eigenvalue weighted by Crippen LogP contribution is -2.26. The van der Waals surface area contributed by atoms with Gasteiger partial charge in [0, 0.05) is 11.1 Å². The molecule has 1 aliphatic heterocycles. The van der Waals surface area contributed by atoms with Crippen LogP contribution < -0.4 is 10.3 Å². The van der Waals surface area contributed by atoms with Crippen LogP contribution >= 0.6 is 0 Å². The number of halogens is 3. The van der Waals surface area contributed by atoms with Gasteiger partial charge >= 0.3 is 12.1 Å². The van der Waals surface area contributed by atoms with Crippen molar-refractivity contribution in [2.24, 2.45) is 5.10 Å². The van der Waals surface area contributed by atoms with Gasteiger partial charge in [-0.1, -0.05) is 35.9 Å². The van der Waals surface area contributed by atoms with Crippen LogP contribution in [0.1, 0.15) is 32.6 Å². The second-order valence-corrected chi connectivity index (χ2v) is 9.56. The van der Waals surface area contributed by atoms with Crippen LogP contribution in [-0.2, 0) is 15.7 Å². The molecule has 0 aromatic heterocycles. The van der Waals surface area contributed by atoms with Crippen molar-refractivity contribution in [3.8, 4) is 16.9 Å². The van der Waals surface area contributed by atoms with E-state index >= 15 is 0 Å². The summed E-state index contributed by atoms with van der Waals surface area (Å²) >= 11 is 0. The summed E-state index contributed by atoms with van der Waals surface area (Å²) in [5, 5.41) is 15.3. The smallest absolute Gasteiger partial charge is 0.416 e. The molecule has 0 saturated heterocycles. The number of phenolic OH excluding ortho intramolecular Hbond substituents is 1. The maximum absolute atomic E-state index is 13.7. The minimum absolute atomic E-state index is 0.0543. The molecular weight excluding hydrogens is 535 g/mol. The minimum atomic E-state index is -4.66. The van der Waals surface area contributed by atoms with Crippen LogP contribution in [0.2, 0.25) is 0 Å². The number of aryl methyl sites for hydroxylation is 2. The van der Waals surface area contributed by atoms with Gasteiger partial charge in [0.05, 0.1) is 35.3 Å². The van der Waals surface area contributed by atoms with E-state index < -0.39 is 23.6 Å². The number of anilines is 3. The third kappa shape index (κ3) is 5.23. The minimum Gasteiger partial charge on any atom is -0.505 e. The number of rotatable bonds is 5. The molecule has 0 atom stereocenters. The Morgan fingerprint density at radius 1 is 0.927 bits per heavy atom. The van der Waals surface area contributed by atoms with Gasteiger partial charge in [0.2, 0.25) is 0 Å². The number of ether oxygens (including phenoxy) is 1. The number of methoxy groups -OCH3 is 1.